The Bertz CT molecular complexity index is 543. The van der Waals surface area contributed by atoms with E-state index >= 15 is 0 Å². The van der Waals surface area contributed by atoms with Crippen LogP contribution in [0.4, 0.5) is 0 Å². The van der Waals surface area contributed by atoms with Crippen LogP contribution in [0.3, 0.4) is 0 Å². The van der Waals surface area contributed by atoms with Crippen LogP contribution in [0, 0.1) is 0 Å². The van der Waals surface area contributed by atoms with Crippen LogP contribution in [0.2, 0.25) is 0 Å². The SMILES string of the molecule is CCNC1CCc2c(c(C(=O)N3CCCCCC3)nn2CC)C1. The first-order valence-corrected chi connectivity index (χ1v) is 9.35. The second-order valence-electron chi connectivity index (χ2n) is 6.79. The van der Waals surface area contributed by atoms with E-state index in [2.05, 4.69) is 23.8 Å². The van der Waals surface area contributed by atoms with Crippen LogP contribution in [0.25, 0.3) is 0 Å². The lowest BCUT2D eigenvalue weighted by Gasteiger charge is -2.25. The lowest BCUT2D eigenvalue weighted by atomic mass is 9.91. The Labute approximate surface area is 139 Å². The number of likely N-dealkylation sites (tertiary alicyclic amines) is 1. The van der Waals surface area contributed by atoms with Gasteiger partial charge in [0.1, 0.15) is 0 Å². The topological polar surface area (TPSA) is 50.2 Å². The van der Waals surface area contributed by atoms with Gasteiger partial charge in [0.15, 0.2) is 5.69 Å². The molecule has 1 fully saturated rings. The van der Waals surface area contributed by atoms with E-state index in [0.717, 1.165) is 64.0 Å². The average molecular weight is 318 g/mol. The van der Waals surface area contributed by atoms with Gasteiger partial charge in [0.25, 0.3) is 5.91 Å². The van der Waals surface area contributed by atoms with Crippen LogP contribution in [0.15, 0.2) is 0 Å². The summed E-state index contributed by atoms with van der Waals surface area (Å²) in [7, 11) is 0. The van der Waals surface area contributed by atoms with Gasteiger partial charge in [0, 0.05) is 36.9 Å². The summed E-state index contributed by atoms with van der Waals surface area (Å²) in [6.07, 6.45) is 7.86. The number of rotatable bonds is 4. The molecule has 1 amide bonds. The van der Waals surface area contributed by atoms with Crippen molar-refractivity contribution < 1.29 is 4.79 Å². The van der Waals surface area contributed by atoms with Gasteiger partial charge in [0.2, 0.25) is 0 Å². The minimum atomic E-state index is 0.160. The van der Waals surface area contributed by atoms with Gasteiger partial charge in [-0.3, -0.25) is 9.48 Å². The Morgan fingerprint density at radius 1 is 1.22 bits per heavy atom. The summed E-state index contributed by atoms with van der Waals surface area (Å²) in [6.45, 7) is 7.88. The van der Waals surface area contributed by atoms with E-state index in [1.807, 2.05) is 4.90 Å². The van der Waals surface area contributed by atoms with Crippen molar-refractivity contribution in [2.45, 2.75) is 71.4 Å². The minimum Gasteiger partial charge on any atom is -0.337 e. The summed E-state index contributed by atoms with van der Waals surface area (Å²) in [5, 5.41) is 8.25. The molecule has 0 bridgehead atoms. The Balaban J connectivity index is 1.86. The van der Waals surface area contributed by atoms with E-state index in [4.69, 9.17) is 5.10 Å². The summed E-state index contributed by atoms with van der Waals surface area (Å²) in [5.74, 6) is 0.160. The van der Waals surface area contributed by atoms with Gasteiger partial charge < -0.3 is 10.2 Å². The minimum absolute atomic E-state index is 0.160. The smallest absolute Gasteiger partial charge is 0.274 e. The summed E-state index contributed by atoms with van der Waals surface area (Å²) in [4.78, 5) is 15.1. The third-order valence-corrected chi connectivity index (χ3v) is 5.23. The van der Waals surface area contributed by atoms with Crippen molar-refractivity contribution in [1.29, 1.82) is 0 Å². The van der Waals surface area contributed by atoms with E-state index in [-0.39, 0.29) is 5.91 Å². The van der Waals surface area contributed by atoms with E-state index in [9.17, 15) is 4.79 Å². The number of fused-ring (bicyclic) bond motifs is 1. The molecule has 1 aromatic rings. The third kappa shape index (κ3) is 3.44. The number of nitrogens with zero attached hydrogens (tertiary/aromatic N) is 3. The van der Waals surface area contributed by atoms with Gasteiger partial charge in [-0.1, -0.05) is 19.8 Å². The molecule has 1 aliphatic carbocycles. The standard InChI is InChI=1S/C18H30N4O/c1-3-19-14-9-10-16-15(13-14)17(20-22(16)4-2)18(23)21-11-7-5-6-8-12-21/h14,19H,3-13H2,1-2H3. The predicted octanol–water partition coefficient (Wildman–Crippen LogP) is 2.39. The highest BCUT2D eigenvalue weighted by molar-refractivity contribution is 5.94. The van der Waals surface area contributed by atoms with E-state index in [1.54, 1.807) is 0 Å². The third-order valence-electron chi connectivity index (χ3n) is 5.23. The Hall–Kier alpha value is -1.36. The van der Waals surface area contributed by atoms with Crippen LogP contribution in [-0.4, -0.2) is 46.3 Å². The maximum absolute atomic E-state index is 13.0. The molecule has 1 N–H and O–H groups in total. The Morgan fingerprint density at radius 3 is 2.61 bits per heavy atom. The van der Waals surface area contributed by atoms with Crippen molar-refractivity contribution in [3.8, 4) is 0 Å². The zero-order valence-corrected chi connectivity index (χ0v) is 14.6. The number of nitrogens with one attached hydrogen (secondary N) is 1. The molecule has 0 saturated carbocycles. The highest BCUT2D eigenvalue weighted by Crippen LogP contribution is 2.26. The zero-order valence-electron chi connectivity index (χ0n) is 14.6. The first-order chi connectivity index (χ1) is 11.2. The Kier molecular flexibility index (Phi) is 5.36. The maximum atomic E-state index is 13.0. The molecule has 128 valence electrons. The molecule has 1 saturated heterocycles. The molecule has 0 spiro atoms. The van der Waals surface area contributed by atoms with Crippen LogP contribution in [-0.2, 0) is 19.4 Å². The van der Waals surface area contributed by atoms with Crippen molar-refractivity contribution in [1.82, 2.24) is 20.0 Å². The number of carbonyl (C=O) groups excluding carboxylic acids is 1. The molecular weight excluding hydrogens is 288 g/mol. The van der Waals surface area contributed by atoms with Gasteiger partial charge in [-0.05, 0) is 45.6 Å². The van der Waals surface area contributed by atoms with Gasteiger partial charge in [0.05, 0.1) is 0 Å². The zero-order chi connectivity index (χ0) is 16.2. The average Bonchev–Trinajstić information content (AvgIpc) is 2.74. The molecule has 1 aliphatic heterocycles. The first kappa shape index (κ1) is 16.5. The lowest BCUT2D eigenvalue weighted by Crippen LogP contribution is -2.36. The molecule has 1 atom stereocenters. The van der Waals surface area contributed by atoms with Crippen molar-refractivity contribution in [2.75, 3.05) is 19.6 Å². The van der Waals surface area contributed by atoms with Crippen LogP contribution >= 0.6 is 0 Å². The van der Waals surface area contributed by atoms with Crippen molar-refractivity contribution in [2.24, 2.45) is 0 Å². The molecule has 0 aromatic carbocycles. The van der Waals surface area contributed by atoms with Crippen LogP contribution < -0.4 is 5.32 Å². The molecule has 3 rings (SSSR count). The monoisotopic (exact) mass is 318 g/mol. The van der Waals surface area contributed by atoms with Crippen LogP contribution in [0.1, 0.15) is 67.7 Å². The summed E-state index contributed by atoms with van der Waals surface area (Å²) in [6, 6.07) is 0.484. The maximum Gasteiger partial charge on any atom is 0.274 e. The largest absolute Gasteiger partial charge is 0.337 e. The first-order valence-electron chi connectivity index (χ1n) is 9.35. The fourth-order valence-electron chi connectivity index (χ4n) is 4.01. The summed E-state index contributed by atoms with van der Waals surface area (Å²) < 4.78 is 2.06. The van der Waals surface area contributed by atoms with Gasteiger partial charge in [-0.15, -0.1) is 0 Å². The molecule has 2 heterocycles. The molecule has 23 heavy (non-hydrogen) atoms. The van der Waals surface area contributed by atoms with E-state index < -0.39 is 0 Å². The predicted molar refractivity (Wildman–Crippen MR) is 91.8 cm³/mol. The van der Waals surface area contributed by atoms with Gasteiger partial charge in [-0.2, -0.15) is 5.10 Å². The molecule has 0 radical (unpaired) electrons. The van der Waals surface area contributed by atoms with Crippen molar-refractivity contribution >= 4 is 5.91 Å². The van der Waals surface area contributed by atoms with Crippen LogP contribution in [0.5, 0.6) is 0 Å². The second kappa shape index (κ2) is 7.47. The summed E-state index contributed by atoms with van der Waals surface area (Å²) >= 11 is 0. The number of amides is 1. The highest BCUT2D eigenvalue weighted by atomic mass is 16.2. The van der Waals surface area contributed by atoms with Crippen molar-refractivity contribution in [3.05, 3.63) is 17.0 Å². The van der Waals surface area contributed by atoms with Gasteiger partial charge in [-0.25, -0.2) is 0 Å². The van der Waals surface area contributed by atoms with Crippen molar-refractivity contribution in [3.63, 3.8) is 0 Å². The highest BCUT2D eigenvalue weighted by Gasteiger charge is 2.30. The quantitative estimate of drug-likeness (QED) is 0.927. The van der Waals surface area contributed by atoms with E-state index in [0.29, 0.717) is 6.04 Å². The normalized spacial score (nSPS) is 21.8. The molecule has 5 nitrogen and oxygen atoms in total. The molecule has 5 heteroatoms. The van der Waals surface area contributed by atoms with E-state index in [1.165, 1.54) is 24.1 Å². The molecule has 1 unspecified atom stereocenters. The Morgan fingerprint density at radius 2 is 1.96 bits per heavy atom. The number of hydrogen-bond donors (Lipinski definition) is 1. The number of carbonyl (C=O) groups is 1. The summed E-state index contributed by atoms with van der Waals surface area (Å²) in [5.41, 5.74) is 3.23. The fraction of sp³-hybridized carbons (Fsp3) is 0.778. The van der Waals surface area contributed by atoms with Gasteiger partial charge >= 0.3 is 0 Å². The number of aromatic nitrogens is 2. The second-order valence-corrected chi connectivity index (χ2v) is 6.79. The number of aryl methyl sites for hydroxylation is 1. The molecular formula is C18H30N4O. The lowest BCUT2D eigenvalue weighted by molar-refractivity contribution is 0.0753. The number of likely N-dealkylation sites (N-methyl/N-ethyl adjacent to an activating group) is 1. The molecule has 2 aliphatic rings. The molecule has 1 aromatic heterocycles. The fourth-order valence-corrected chi connectivity index (χ4v) is 4.01. The number of hydrogen-bond acceptors (Lipinski definition) is 3.